The van der Waals surface area contributed by atoms with E-state index >= 15 is 0 Å². The van der Waals surface area contributed by atoms with Crippen LogP contribution in [0.2, 0.25) is 0 Å². The molecule has 0 radical (unpaired) electrons. The second-order valence-electron chi connectivity index (χ2n) is 4.53. The first-order valence-corrected chi connectivity index (χ1v) is 5.91. The first-order valence-electron chi connectivity index (χ1n) is 5.91. The number of carbonyl (C=O) groups is 2. The van der Waals surface area contributed by atoms with Crippen LogP contribution in [-0.4, -0.2) is 66.1 Å². The van der Waals surface area contributed by atoms with E-state index in [1.54, 1.807) is 6.92 Å². The van der Waals surface area contributed by atoms with Gasteiger partial charge in [-0.2, -0.15) is 0 Å². The summed E-state index contributed by atoms with van der Waals surface area (Å²) in [5.41, 5.74) is 0. The Morgan fingerprint density at radius 2 is 2.22 bits per heavy atom. The summed E-state index contributed by atoms with van der Waals surface area (Å²) in [7, 11) is 1.38. The molecule has 3 N–H and O–H groups in total. The highest BCUT2D eigenvalue weighted by atomic mass is 16.5. The Balaban J connectivity index is 2.48. The highest BCUT2D eigenvalue weighted by Gasteiger charge is 2.31. The molecule has 1 fully saturated rings. The number of nitrogens with one attached hydrogen (secondary N) is 1. The molecule has 1 rings (SSSR count). The van der Waals surface area contributed by atoms with Gasteiger partial charge in [-0.15, -0.1) is 0 Å². The Morgan fingerprint density at radius 1 is 1.56 bits per heavy atom. The quantitative estimate of drug-likeness (QED) is 0.619. The van der Waals surface area contributed by atoms with E-state index in [-0.39, 0.29) is 12.5 Å². The fourth-order valence-electron chi connectivity index (χ4n) is 1.95. The van der Waals surface area contributed by atoms with E-state index in [1.165, 1.54) is 12.0 Å². The maximum atomic E-state index is 11.8. The Hall–Kier alpha value is -1.34. The van der Waals surface area contributed by atoms with Crippen molar-refractivity contribution in [3.63, 3.8) is 0 Å². The van der Waals surface area contributed by atoms with Gasteiger partial charge in [-0.1, -0.05) is 0 Å². The molecule has 18 heavy (non-hydrogen) atoms. The molecule has 1 aliphatic rings. The number of carbonyl (C=O) groups excluding carboxylic acids is 1. The number of hydrogen-bond donors (Lipinski definition) is 3. The molecule has 1 heterocycles. The van der Waals surface area contributed by atoms with Crippen molar-refractivity contribution in [3.05, 3.63) is 0 Å². The van der Waals surface area contributed by atoms with Crippen LogP contribution < -0.4 is 5.32 Å². The van der Waals surface area contributed by atoms with Gasteiger partial charge in [0.1, 0.15) is 0 Å². The molecule has 3 atom stereocenters. The normalized spacial score (nSPS) is 22.6. The second kappa shape index (κ2) is 6.55. The van der Waals surface area contributed by atoms with E-state index in [0.717, 1.165) is 6.42 Å². The highest BCUT2D eigenvalue weighted by molar-refractivity contribution is 5.82. The van der Waals surface area contributed by atoms with E-state index in [1.807, 2.05) is 0 Å². The molecule has 0 aromatic carbocycles. The molecule has 0 saturated carbocycles. The lowest BCUT2D eigenvalue weighted by Gasteiger charge is -2.21. The summed E-state index contributed by atoms with van der Waals surface area (Å²) in [6.45, 7) is 2.59. The number of methoxy groups -OCH3 is 1. The van der Waals surface area contributed by atoms with Crippen LogP contribution in [0.15, 0.2) is 0 Å². The van der Waals surface area contributed by atoms with Crippen molar-refractivity contribution in [2.45, 2.75) is 25.5 Å². The van der Waals surface area contributed by atoms with Crippen molar-refractivity contribution >= 4 is 12.0 Å². The average molecular weight is 260 g/mol. The number of aliphatic hydroxyl groups is 1. The van der Waals surface area contributed by atoms with Crippen LogP contribution >= 0.6 is 0 Å². The van der Waals surface area contributed by atoms with Crippen LogP contribution in [0, 0.1) is 5.92 Å². The van der Waals surface area contributed by atoms with E-state index in [2.05, 4.69) is 5.32 Å². The Morgan fingerprint density at radius 3 is 2.67 bits per heavy atom. The number of rotatable bonds is 5. The highest BCUT2D eigenvalue weighted by Crippen LogP contribution is 2.19. The number of carboxylic acids is 1. The van der Waals surface area contributed by atoms with E-state index in [9.17, 15) is 14.7 Å². The Labute approximate surface area is 106 Å². The Kier molecular flexibility index (Phi) is 5.36. The van der Waals surface area contributed by atoms with Crippen LogP contribution in [0.1, 0.15) is 13.3 Å². The molecule has 7 nitrogen and oxygen atoms in total. The SMILES string of the molecule is COCC(NC(=O)N1CCC(C(C)O)C1)C(=O)O. The molecule has 104 valence electrons. The first-order chi connectivity index (χ1) is 8.45. The molecule has 0 aromatic rings. The minimum atomic E-state index is -1.13. The summed E-state index contributed by atoms with van der Waals surface area (Å²) in [5, 5.41) is 20.7. The van der Waals surface area contributed by atoms with E-state index in [4.69, 9.17) is 9.84 Å². The third kappa shape index (κ3) is 3.85. The van der Waals surface area contributed by atoms with Crippen LogP contribution in [-0.2, 0) is 9.53 Å². The summed E-state index contributed by atoms with van der Waals surface area (Å²) < 4.78 is 4.73. The number of urea groups is 1. The molecule has 0 bridgehead atoms. The average Bonchev–Trinajstić information content (AvgIpc) is 2.77. The molecular weight excluding hydrogens is 240 g/mol. The van der Waals surface area contributed by atoms with Gasteiger partial charge in [0, 0.05) is 26.1 Å². The minimum Gasteiger partial charge on any atom is -0.480 e. The molecule has 1 aliphatic heterocycles. The van der Waals surface area contributed by atoms with Gasteiger partial charge in [-0.05, 0) is 13.3 Å². The number of amides is 2. The molecule has 1 saturated heterocycles. The predicted octanol–water partition coefficient (Wildman–Crippen LogP) is -0.502. The van der Waals surface area contributed by atoms with Gasteiger partial charge < -0.3 is 25.2 Å². The third-order valence-corrected chi connectivity index (χ3v) is 3.12. The number of aliphatic hydroxyl groups excluding tert-OH is 1. The zero-order valence-corrected chi connectivity index (χ0v) is 10.6. The van der Waals surface area contributed by atoms with E-state index in [0.29, 0.717) is 13.1 Å². The zero-order chi connectivity index (χ0) is 13.7. The third-order valence-electron chi connectivity index (χ3n) is 3.12. The first kappa shape index (κ1) is 14.7. The van der Waals surface area contributed by atoms with E-state index < -0.39 is 24.1 Å². The second-order valence-corrected chi connectivity index (χ2v) is 4.53. The number of likely N-dealkylation sites (tertiary alicyclic amines) is 1. The summed E-state index contributed by atoms with van der Waals surface area (Å²) in [4.78, 5) is 24.2. The lowest BCUT2D eigenvalue weighted by molar-refractivity contribution is -0.140. The molecule has 0 spiro atoms. The maximum absolute atomic E-state index is 11.8. The van der Waals surface area contributed by atoms with Gasteiger partial charge in [0.25, 0.3) is 0 Å². The lowest BCUT2D eigenvalue weighted by atomic mass is 10.0. The minimum absolute atomic E-state index is 0.0569. The number of ether oxygens (including phenoxy) is 1. The van der Waals surface area contributed by atoms with Crippen LogP contribution in [0.4, 0.5) is 4.79 Å². The molecular formula is C11H20N2O5. The van der Waals surface area contributed by atoms with Gasteiger partial charge in [-0.3, -0.25) is 0 Å². The number of hydrogen-bond acceptors (Lipinski definition) is 4. The predicted molar refractivity (Wildman–Crippen MR) is 63.2 cm³/mol. The fourth-order valence-corrected chi connectivity index (χ4v) is 1.95. The molecule has 2 amide bonds. The lowest BCUT2D eigenvalue weighted by Crippen LogP contribution is -2.49. The van der Waals surface area contributed by atoms with Crippen molar-refractivity contribution in [1.29, 1.82) is 0 Å². The number of carboxylic acid groups (broad SMARTS) is 1. The van der Waals surface area contributed by atoms with Crippen molar-refractivity contribution < 1.29 is 24.5 Å². The van der Waals surface area contributed by atoms with Crippen molar-refractivity contribution in [1.82, 2.24) is 10.2 Å². The van der Waals surface area contributed by atoms with Crippen molar-refractivity contribution in [3.8, 4) is 0 Å². The largest absolute Gasteiger partial charge is 0.480 e. The molecule has 0 aromatic heterocycles. The van der Waals surface area contributed by atoms with Crippen LogP contribution in [0.5, 0.6) is 0 Å². The summed E-state index contributed by atoms with van der Waals surface area (Å²) in [5.74, 6) is -1.07. The maximum Gasteiger partial charge on any atom is 0.328 e. The Bertz CT molecular complexity index is 308. The molecule has 0 aliphatic carbocycles. The summed E-state index contributed by atoms with van der Waals surface area (Å²) >= 11 is 0. The topological polar surface area (TPSA) is 99.1 Å². The van der Waals surface area contributed by atoms with Gasteiger partial charge >= 0.3 is 12.0 Å². The van der Waals surface area contributed by atoms with Gasteiger partial charge in [-0.25, -0.2) is 9.59 Å². The smallest absolute Gasteiger partial charge is 0.328 e. The standard InChI is InChI=1S/C11H20N2O5/c1-7(14)8-3-4-13(5-8)11(17)12-9(6-18-2)10(15)16/h7-9,14H,3-6H2,1-2H3,(H,12,17)(H,15,16). The van der Waals surface area contributed by atoms with Crippen molar-refractivity contribution in [2.24, 2.45) is 5.92 Å². The van der Waals surface area contributed by atoms with Gasteiger partial charge in [0.05, 0.1) is 12.7 Å². The monoisotopic (exact) mass is 260 g/mol. The number of aliphatic carboxylic acids is 1. The molecule has 3 unspecified atom stereocenters. The fraction of sp³-hybridized carbons (Fsp3) is 0.818. The molecule has 7 heteroatoms. The van der Waals surface area contributed by atoms with Gasteiger partial charge in [0.2, 0.25) is 0 Å². The summed E-state index contributed by atoms with van der Waals surface area (Å²) in [6, 6.07) is -1.48. The van der Waals surface area contributed by atoms with Gasteiger partial charge in [0.15, 0.2) is 6.04 Å². The van der Waals surface area contributed by atoms with Crippen LogP contribution in [0.25, 0.3) is 0 Å². The number of nitrogens with zero attached hydrogens (tertiary/aromatic N) is 1. The van der Waals surface area contributed by atoms with Crippen LogP contribution in [0.3, 0.4) is 0 Å². The summed E-state index contributed by atoms with van der Waals surface area (Å²) in [6.07, 6.45) is 0.268. The van der Waals surface area contributed by atoms with Crippen molar-refractivity contribution in [2.75, 3.05) is 26.8 Å². The zero-order valence-electron chi connectivity index (χ0n) is 10.6.